The molecule has 1 saturated heterocycles. The van der Waals surface area contributed by atoms with E-state index in [4.69, 9.17) is 14.6 Å². The number of hydrogen-bond donors (Lipinski definition) is 1. The van der Waals surface area contributed by atoms with E-state index in [0.29, 0.717) is 12.8 Å². The monoisotopic (exact) mass is 206 g/mol. The van der Waals surface area contributed by atoms with E-state index in [-0.39, 0.29) is 18.3 Å². The summed E-state index contributed by atoms with van der Waals surface area (Å²) in [7, 11) is 0. The van der Waals surface area contributed by atoms with Crippen LogP contribution in [0.4, 0.5) is 4.39 Å². The van der Waals surface area contributed by atoms with Crippen molar-refractivity contribution in [2.24, 2.45) is 0 Å². The van der Waals surface area contributed by atoms with Gasteiger partial charge in [0.1, 0.15) is 0 Å². The first-order chi connectivity index (χ1) is 6.49. The molecule has 0 aromatic rings. The molecule has 1 fully saturated rings. The number of carboxylic acids is 1. The molecule has 1 aliphatic rings. The predicted molar refractivity (Wildman–Crippen MR) is 46.6 cm³/mol. The van der Waals surface area contributed by atoms with E-state index < -0.39 is 12.3 Å². The van der Waals surface area contributed by atoms with Crippen LogP contribution in [0, 0.1) is 0 Å². The average molecular weight is 206 g/mol. The zero-order valence-corrected chi connectivity index (χ0v) is 8.27. The molecule has 5 heteroatoms. The number of aliphatic carboxylic acids is 1. The molecule has 0 saturated carbocycles. The first kappa shape index (κ1) is 11.4. The molecule has 1 N–H and O–H groups in total. The summed E-state index contributed by atoms with van der Waals surface area (Å²) in [5.41, 5.74) is 0. The number of carbonyl (C=O) groups is 1. The van der Waals surface area contributed by atoms with Crippen LogP contribution in [0.2, 0.25) is 0 Å². The number of carboxylic acid groups (broad SMARTS) is 1. The van der Waals surface area contributed by atoms with Crippen LogP contribution in [0.25, 0.3) is 0 Å². The number of halogens is 1. The fourth-order valence-electron chi connectivity index (χ4n) is 1.68. The number of rotatable bonds is 3. The van der Waals surface area contributed by atoms with Crippen LogP contribution >= 0.6 is 0 Å². The van der Waals surface area contributed by atoms with E-state index in [1.807, 2.05) is 13.8 Å². The van der Waals surface area contributed by atoms with Gasteiger partial charge in [0.15, 0.2) is 0 Å². The summed E-state index contributed by atoms with van der Waals surface area (Å²) in [6, 6.07) is 0. The van der Waals surface area contributed by atoms with E-state index in [1.54, 1.807) is 0 Å². The highest BCUT2D eigenvalue weighted by Crippen LogP contribution is 2.22. The van der Waals surface area contributed by atoms with Gasteiger partial charge in [-0.15, -0.1) is 0 Å². The number of ether oxygens (including phenoxy) is 2. The summed E-state index contributed by atoms with van der Waals surface area (Å²) >= 11 is 0. The molecule has 1 heterocycles. The maximum absolute atomic E-state index is 12.7. The standard InChI is InChI=1S/C9H15FO4/c1-5-3-7(4-6(2)13-5)14-8(10)9(11)12/h5-8H,3-4H2,1-2H3,(H,11,12). The third-order valence-electron chi connectivity index (χ3n) is 2.16. The molecule has 82 valence electrons. The van der Waals surface area contributed by atoms with Crippen molar-refractivity contribution in [2.75, 3.05) is 0 Å². The summed E-state index contributed by atoms with van der Waals surface area (Å²) in [5, 5.41) is 8.31. The summed E-state index contributed by atoms with van der Waals surface area (Å²) in [4.78, 5) is 10.2. The second-order valence-corrected chi connectivity index (χ2v) is 3.64. The lowest BCUT2D eigenvalue weighted by atomic mass is 10.0. The molecule has 0 bridgehead atoms. The summed E-state index contributed by atoms with van der Waals surface area (Å²) in [6.45, 7) is 3.72. The normalized spacial score (nSPS) is 35.2. The van der Waals surface area contributed by atoms with Crippen LogP contribution < -0.4 is 0 Å². The Morgan fingerprint density at radius 2 is 2.00 bits per heavy atom. The van der Waals surface area contributed by atoms with Gasteiger partial charge in [0.2, 0.25) is 0 Å². The van der Waals surface area contributed by atoms with Crippen LogP contribution in [-0.4, -0.2) is 35.7 Å². The van der Waals surface area contributed by atoms with Gasteiger partial charge < -0.3 is 14.6 Å². The van der Waals surface area contributed by atoms with Crippen molar-refractivity contribution in [2.45, 2.75) is 51.4 Å². The van der Waals surface area contributed by atoms with Gasteiger partial charge in [0, 0.05) is 0 Å². The van der Waals surface area contributed by atoms with Crippen molar-refractivity contribution in [1.82, 2.24) is 0 Å². The smallest absolute Gasteiger partial charge is 0.366 e. The quantitative estimate of drug-likeness (QED) is 0.757. The van der Waals surface area contributed by atoms with E-state index in [2.05, 4.69) is 0 Å². The largest absolute Gasteiger partial charge is 0.477 e. The van der Waals surface area contributed by atoms with Crippen LogP contribution in [-0.2, 0) is 14.3 Å². The molecule has 0 aromatic carbocycles. The second-order valence-electron chi connectivity index (χ2n) is 3.64. The van der Waals surface area contributed by atoms with Crippen molar-refractivity contribution >= 4 is 5.97 Å². The number of hydrogen-bond acceptors (Lipinski definition) is 3. The van der Waals surface area contributed by atoms with Crippen LogP contribution in [0.5, 0.6) is 0 Å². The minimum absolute atomic E-state index is 0.00950. The summed E-state index contributed by atoms with van der Waals surface area (Å²) < 4.78 is 22.9. The first-order valence-electron chi connectivity index (χ1n) is 4.67. The highest BCUT2D eigenvalue weighted by atomic mass is 19.1. The fourth-order valence-corrected chi connectivity index (χ4v) is 1.68. The van der Waals surface area contributed by atoms with Gasteiger partial charge in [-0.05, 0) is 26.7 Å². The van der Waals surface area contributed by atoms with Crippen LogP contribution in [0.3, 0.4) is 0 Å². The topological polar surface area (TPSA) is 55.8 Å². The third-order valence-corrected chi connectivity index (χ3v) is 2.16. The summed E-state index contributed by atoms with van der Waals surface area (Å²) in [6.07, 6.45) is -1.53. The molecular formula is C9H15FO4. The fraction of sp³-hybridized carbons (Fsp3) is 0.889. The average Bonchev–Trinajstić information content (AvgIpc) is 2.01. The Kier molecular flexibility index (Phi) is 3.83. The maximum atomic E-state index is 12.7. The Labute approximate surface area is 82.0 Å². The van der Waals surface area contributed by atoms with E-state index in [9.17, 15) is 9.18 Å². The van der Waals surface area contributed by atoms with Crippen molar-refractivity contribution in [3.63, 3.8) is 0 Å². The Hall–Kier alpha value is -0.680. The van der Waals surface area contributed by atoms with Gasteiger partial charge in [-0.3, -0.25) is 0 Å². The van der Waals surface area contributed by atoms with E-state index in [1.165, 1.54) is 0 Å². The highest BCUT2D eigenvalue weighted by Gasteiger charge is 2.29. The van der Waals surface area contributed by atoms with Crippen LogP contribution in [0.1, 0.15) is 26.7 Å². The Morgan fingerprint density at radius 1 is 1.50 bits per heavy atom. The lowest BCUT2D eigenvalue weighted by Crippen LogP contribution is -2.37. The molecule has 0 amide bonds. The lowest BCUT2D eigenvalue weighted by Gasteiger charge is -2.32. The minimum atomic E-state index is -2.22. The molecule has 0 radical (unpaired) electrons. The zero-order chi connectivity index (χ0) is 10.7. The van der Waals surface area contributed by atoms with Gasteiger partial charge in [-0.25, -0.2) is 9.18 Å². The Balaban J connectivity index is 2.40. The van der Waals surface area contributed by atoms with Crippen molar-refractivity contribution < 1.29 is 23.8 Å². The van der Waals surface area contributed by atoms with Gasteiger partial charge >= 0.3 is 5.97 Å². The number of alkyl halides is 1. The van der Waals surface area contributed by atoms with Crippen molar-refractivity contribution in [3.05, 3.63) is 0 Å². The summed E-state index contributed by atoms with van der Waals surface area (Å²) in [5.74, 6) is -1.57. The molecule has 0 aliphatic carbocycles. The Morgan fingerprint density at radius 3 is 2.43 bits per heavy atom. The molecule has 0 aromatic heterocycles. The molecule has 14 heavy (non-hydrogen) atoms. The van der Waals surface area contributed by atoms with Gasteiger partial charge in [-0.1, -0.05) is 0 Å². The molecule has 1 aliphatic heterocycles. The van der Waals surface area contributed by atoms with Gasteiger partial charge in [0.05, 0.1) is 18.3 Å². The third kappa shape index (κ3) is 3.23. The SMILES string of the molecule is CC1CC(OC(F)C(=O)O)CC(C)O1. The second kappa shape index (κ2) is 4.70. The lowest BCUT2D eigenvalue weighted by molar-refractivity contribution is -0.184. The van der Waals surface area contributed by atoms with Crippen LogP contribution in [0.15, 0.2) is 0 Å². The predicted octanol–water partition coefficient (Wildman–Crippen LogP) is 1.34. The maximum Gasteiger partial charge on any atom is 0.366 e. The van der Waals surface area contributed by atoms with Crippen molar-refractivity contribution in [3.8, 4) is 0 Å². The molecule has 4 nitrogen and oxygen atoms in total. The zero-order valence-electron chi connectivity index (χ0n) is 8.27. The van der Waals surface area contributed by atoms with Gasteiger partial charge in [0.25, 0.3) is 6.36 Å². The Bertz CT molecular complexity index is 199. The van der Waals surface area contributed by atoms with Crippen molar-refractivity contribution in [1.29, 1.82) is 0 Å². The first-order valence-corrected chi connectivity index (χ1v) is 4.67. The van der Waals surface area contributed by atoms with Gasteiger partial charge in [-0.2, -0.15) is 0 Å². The highest BCUT2D eigenvalue weighted by molar-refractivity contribution is 5.70. The molecular weight excluding hydrogens is 191 g/mol. The van der Waals surface area contributed by atoms with E-state index >= 15 is 0 Å². The molecule has 3 unspecified atom stereocenters. The van der Waals surface area contributed by atoms with E-state index in [0.717, 1.165) is 0 Å². The molecule has 3 atom stereocenters. The molecule has 1 rings (SSSR count). The molecule has 0 spiro atoms. The minimum Gasteiger partial charge on any atom is -0.477 e.